The highest BCUT2D eigenvalue weighted by molar-refractivity contribution is 4.76. The Morgan fingerprint density at radius 3 is 2.22 bits per heavy atom. The molecule has 1 fully saturated rings. The quantitative estimate of drug-likeness (QED) is 0.670. The maximum Gasteiger partial charge on any atom is 0.0107 e. The lowest BCUT2D eigenvalue weighted by Crippen LogP contribution is -2.39. The average Bonchev–Trinajstić information content (AvgIpc) is 2.34. The molecule has 3 heteroatoms. The van der Waals surface area contributed by atoms with Crippen LogP contribution in [0, 0.1) is 5.92 Å². The van der Waals surface area contributed by atoms with Crippen molar-refractivity contribution in [3.63, 3.8) is 0 Å². The Balaban J connectivity index is 1.98. The molecule has 18 heavy (non-hydrogen) atoms. The first kappa shape index (κ1) is 15.9. The normalized spacial score (nSPS) is 25.0. The Hall–Kier alpha value is -0.120. The zero-order valence-corrected chi connectivity index (χ0v) is 12.9. The van der Waals surface area contributed by atoms with Crippen molar-refractivity contribution in [2.24, 2.45) is 5.92 Å². The summed E-state index contributed by atoms with van der Waals surface area (Å²) in [6, 6.07) is 0.838. The van der Waals surface area contributed by atoms with Gasteiger partial charge in [0.25, 0.3) is 0 Å². The van der Waals surface area contributed by atoms with Crippen molar-refractivity contribution in [1.29, 1.82) is 0 Å². The van der Waals surface area contributed by atoms with Gasteiger partial charge in [0.05, 0.1) is 0 Å². The summed E-state index contributed by atoms with van der Waals surface area (Å²) >= 11 is 0. The number of rotatable bonds is 8. The molecule has 3 nitrogen and oxygen atoms in total. The fraction of sp³-hybridized carbons (Fsp3) is 1.00. The van der Waals surface area contributed by atoms with Gasteiger partial charge in [0.15, 0.2) is 0 Å². The Morgan fingerprint density at radius 2 is 1.61 bits per heavy atom. The van der Waals surface area contributed by atoms with E-state index in [4.69, 9.17) is 0 Å². The van der Waals surface area contributed by atoms with E-state index in [0.29, 0.717) is 0 Å². The second kappa shape index (κ2) is 8.89. The molecular weight excluding hydrogens is 222 g/mol. The molecule has 108 valence electrons. The van der Waals surface area contributed by atoms with Crippen molar-refractivity contribution in [2.45, 2.75) is 45.1 Å². The predicted molar refractivity (Wildman–Crippen MR) is 80.1 cm³/mol. The van der Waals surface area contributed by atoms with Crippen molar-refractivity contribution >= 4 is 0 Å². The van der Waals surface area contributed by atoms with Gasteiger partial charge in [-0.3, -0.25) is 0 Å². The van der Waals surface area contributed by atoms with Gasteiger partial charge in [-0.25, -0.2) is 0 Å². The molecule has 0 unspecified atom stereocenters. The van der Waals surface area contributed by atoms with Crippen LogP contribution in [-0.2, 0) is 0 Å². The summed E-state index contributed by atoms with van der Waals surface area (Å²) in [4.78, 5) is 4.81. The first-order chi connectivity index (χ1) is 8.59. The molecule has 0 aromatic carbocycles. The van der Waals surface area contributed by atoms with E-state index in [1.54, 1.807) is 0 Å². The van der Waals surface area contributed by atoms with Crippen LogP contribution >= 0.6 is 0 Å². The lowest BCUT2D eigenvalue weighted by Gasteiger charge is -2.33. The Bertz CT molecular complexity index is 198. The summed E-state index contributed by atoms with van der Waals surface area (Å²) in [5, 5.41) is 3.55. The topological polar surface area (TPSA) is 18.5 Å². The van der Waals surface area contributed by atoms with Crippen molar-refractivity contribution < 1.29 is 0 Å². The molecule has 1 saturated carbocycles. The van der Waals surface area contributed by atoms with Crippen LogP contribution in [0.1, 0.15) is 39.0 Å². The van der Waals surface area contributed by atoms with E-state index in [0.717, 1.165) is 25.0 Å². The standard InChI is InChI=1S/C15H33N3/c1-14-6-8-15(9-7-14)18(4)13-11-16-10-5-12-17(2)3/h14-16H,5-13H2,1-4H3. The van der Waals surface area contributed by atoms with Gasteiger partial charge >= 0.3 is 0 Å². The van der Waals surface area contributed by atoms with Crippen molar-refractivity contribution in [1.82, 2.24) is 15.1 Å². The van der Waals surface area contributed by atoms with Crippen LogP contribution in [0.25, 0.3) is 0 Å². The van der Waals surface area contributed by atoms with Gasteiger partial charge in [-0.1, -0.05) is 6.92 Å². The summed E-state index contributed by atoms with van der Waals surface area (Å²) < 4.78 is 0. The van der Waals surface area contributed by atoms with Crippen LogP contribution in [-0.4, -0.2) is 63.2 Å². The van der Waals surface area contributed by atoms with Crippen LogP contribution < -0.4 is 5.32 Å². The minimum absolute atomic E-state index is 0.838. The van der Waals surface area contributed by atoms with Crippen molar-refractivity contribution in [3.8, 4) is 0 Å². The first-order valence-electron chi connectivity index (χ1n) is 7.65. The molecule has 0 saturated heterocycles. The second-order valence-electron chi connectivity index (χ2n) is 6.30. The van der Waals surface area contributed by atoms with Crippen LogP contribution in [0.5, 0.6) is 0 Å². The fourth-order valence-electron chi connectivity index (χ4n) is 2.77. The summed E-state index contributed by atoms with van der Waals surface area (Å²) in [6.45, 7) is 7.05. The predicted octanol–water partition coefficient (Wildman–Crippen LogP) is 2.04. The van der Waals surface area contributed by atoms with Crippen molar-refractivity contribution in [2.75, 3.05) is 47.3 Å². The van der Waals surface area contributed by atoms with E-state index in [1.165, 1.54) is 45.2 Å². The minimum Gasteiger partial charge on any atom is -0.315 e. The molecule has 0 aliphatic heterocycles. The summed E-state index contributed by atoms with van der Waals surface area (Å²) in [7, 11) is 6.57. The molecule has 0 heterocycles. The SMILES string of the molecule is CC1CCC(N(C)CCNCCCN(C)C)CC1. The smallest absolute Gasteiger partial charge is 0.0107 e. The van der Waals surface area contributed by atoms with E-state index in [9.17, 15) is 0 Å². The third-order valence-corrected chi connectivity index (χ3v) is 4.21. The maximum absolute atomic E-state index is 3.55. The minimum atomic E-state index is 0.838. The highest BCUT2D eigenvalue weighted by atomic mass is 15.1. The van der Waals surface area contributed by atoms with Gasteiger partial charge in [0, 0.05) is 19.1 Å². The second-order valence-corrected chi connectivity index (χ2v) is 6.30. The lowest BCUT2D eigenvalue weighted by molar-refractivity contribution is 0.171. The highest BCUT2D eigenvalue weighted by Gasteiger charge is 2.20. The summed E-state index contributed by atoms with van der Waals surface area (Å²) in [6.07, 6.45) is 6.89. The van der Waals surface area contributed by atoms with Crippen molar-refractivity contribution in [3.05, 3.63) is 0 Å². The van der Waals surface area contributed by atoms with Gasteiger partial charge in [0.1, 0.15) is 0 Å². The molecule has 0 spiro atoms. The molecule has 0 aromatic rings. The number of nitrogens with zero attached hydrogens (tertiary/aromatic N) is 2. The number of hydrogen-bond donors (Lipinski definition) is 1. The van der Waals surface area contributed by atoms with E-state index < -0.39 is 0 Å². The molecule has 1 rings (SSSR count). The third kappa shape index (κ3) is 6.72. The molecule has 1 aliphatic carbocycles. The van der Waals surface area contributed by atoms with Crippen LogP contribution in [0.15, 0.2) is 0 Å². The molecule has 0 atom stereocenters. The largest absolute Gasteiger partial charge is 0.315 e. The van der Waals surface area contributed by atoms with Gasteiger partial charge in [-0.15, -0.1) is 0 Å². The molecule has 1 N–H and O–H groups in total. The van der Waals surface area contributed by atoms with Crippen LogP contribution in [0.3, 0.4) is 0 Å². The third-order valence-electron chi connectivity index (χ3n) is 4.21. The average molecular weight is 255 g/mol. The number of likely N-dealkylation sites (N-methyl/N-ethyl adjacent to an activating group) is 1. The Labute approximate surface area is 114 Å². The highest BCUT2D eigenvalue weighted by Crippen LogP contribution is 2.26. The fourth-order valence-corrected chi connectivity index (χ4v) is 2.77. The van der Waals surface area contributed by atoms with E-state index in [-0.39, 0.29) is 0 Å². The monoisotopic (exact) mass is 255 g/mol. The Kier molecular flexibility index (Phi) is 7.87. The zero-order chi connectivity index (χ0) is 13.4. The number of nitrogens with one attached hydrogen (secondary N) is 1. The summed E-state index contributed by atoms with van der Waals surface area (Å²) in [5.74, 6) is 0.957. The Morgan fingerprint density at radius 1 is 0.944 bits per heavy atom. The molecule has 1 aliphatic rings. The molecule has 0 bridgehead atoms. The summed E-state index contributed by atoms with van der Waals surface area (Å²) in [5.41, 5.74) is 0. The molecule has 0 radical (unpaired) electrons. The van der Waals surface area contributed by atoms with Gasteiger partial charge < -0.3 is 15.1 Å². The van der Waals surface area contributed by atoms with Gasteiger partial charge in [-0.05, 0) is 72.3 Å². The van der Waals surface area contributed by atoms with Crippen LogP contribution in [0.4, 0.5) is 0 Å². The van der Waals surface area contributed by atoms with Gasteiger partial charge in [-0.2, -0.15) is 0 Å². The molecular formula is C15H33N3. The molecule has 0 aromatic heterocycles. The lowest BCUT2D eigenvalue weighted by atomic mass is 9.87. The van der Waals surface area contributed by atoms with E-state index >= 15 is 0 Å². The first-order valence-corrected chi connectivity index (χ1v) is 7.65. The van der Waals surface area contributed by atoms with E-state index in [2.05, 4.69) is 43.2 Å². The van der Waals surface area contributed by atoms with E-state index in [1.807, 2.05) is 0 Å². The van der Waals surface area contributed by atoms with Crippen LogP contribution in [0.2, 0.25) is 0 Å². The van der Waals surface area contributed by atoms with Gasteiger partial charge in [0.2, 0.25) is 0 Å². The molecule has 0 amide bonds. The zero-order valence-electron chi connectivity index (χ0n) is 12.9. The maximum atomic E-state index is 3.55. The number of hydrogen-bond acceptors (Lipinski definition) is 3.